The summed E-state index contributed by atoms with van der Waals surface area (Å²) in [5, 5.41) is 19.1. The Hall–Kier alpha value is -2.82. The Morgan fingerprint density at radius 2 is 1.81 bits per heavy atom. The second kappa shape index (κ2) is 6.56. The normalized spacial score (nSPS) is 10.1. The van der Waals surface area contributed by atoms with Gasteiger partial charge in [-0.1, -0.05) is 30.3 Å². The quantitative estimate of drug-likeness (QED) is 0.827. The number of aryl methyl sites for hydroxylation is 1. The third-order valence-corrected chi connectivity index (χ3v) is 3.02. The van der Waals surface area contributed by atoms with Crippen LogP contribution < -0.4 is 5.32 Å². The van der Waals surface area contributed by atoms with E-state index in [1.54, 1.807) is 0 Å². The minimum absolute atomic E-state index is 0.0858. The number of hydrogen-bond donors (Lipinski definition) is 2. The van der Waals surface area contributed by atoms with Crippen LogP contribution in [-0.2, 0) is 11.2 Å². The van der Waals surface area contributed by atoms with E-state index in [0.717, 1.165) is 5.56 Å². The van der Waals surface area contributed by atoms with Gasteiger partial charge in [-0.25, -0.2) is 4.79 Å². The SMILES string of the molecule is O=C(CCc1ccccc1)Nc1ccc(C(=O)O)c([OH2+])c1. The van der Waals surface area contributed by atoms with E-state index in [1.807, 2.05) is 30.3 Å². The molecule has 0 unspecified atom stereocenters. The highest BCUT2D eigenvalue weighted by Gasteiger charge is 2.14. The molecule has 1 amide bonds. The highest BCUT2D eigenvalue weighted by Crippen LogP contribution is 2.22. The molecular formula is C16H16NO4+. The van der Waals surface area contributed by atoms with E-state index in [0.29, 0.717) is 18.5 Å². The topological polar surface area (TPSA) is 89.3 Å². The maximum atomic E-state index is 11.8. The zero-order valence-electron chi connectivity index (χ0n) is 11.3. The predicted molar refractivity (Wildman–Crippen MR) is 79.9 cm³/mol. The van der Waals surface area contributed by atoms with Gasteiger partial charge in [-0.05, 0) is 24.1 Å². The predicted octanol–water partition coefficient (Wildman–Crippen LogP) is 2.39. The van der Waals surface area contributed by atoms with Crippen molar-refractivity contribution in [3.63, 3.8) is 0 Å². The van der Waals surface area contributed by atoms with Gasteiger partial charge in [0.1, 0.15) is 0 Å². The standard InChI is InChI=1S/C16H15NO4/c18-14-10-12(7-8-13(14)16(20)21)17-15(19)9-6-11-4-2-1-3-5-11/h1-5,7-8,10,18H,6,9H2,(H,17,19)(H,20,21)/p+1. The first-order valence-corrected chi connectivity index (χ1v) is 6.49. The molecule has 2 aromatic carbocycles. The molecule has 0 saturated carbocycles. The van der Waals surface area contributed by atoms with E-state index in [-0.39, 0.29) is 17.2 Å². The van der Waals surface area contributed by atoms with Crippen LogP contribution in [0.2, 0.25) is 0 Å². The summed E-state index contributed by atoms with van der Waals surface area (Å²) in [5.41, 5.74) is 1.43. The van der Waals surface area contributed by atoms with Gasteiger partial charge in [0, 0.05) is 12.1 Å². The van der Waals surface area contributed by atoms with Crippen LogP contribution in [0.5, 0.6) is 5.75 Å². The van der Waals surface area contributed by atoms with Crippen LogP contribution in [0.15, 0.2) is 48.5 Å². The Balaban J connectivity index is 1.94. The number of rotatable bonds is 5. The molecule has 0 bridgehead atoms. The number of carboxylic acid groups (broad SMARTS) is 1. The Morgan fingerprint density at radius 3 is 2.43 bits per heavy atom. The molecule has 5 nitrogen and oxygen atoms in total. The molecular weight excluding hydrogens is 270 g/mol. The first-order chi connectivity index (χ1) is 10.1. The lowest BCUT2D eigenvalue weighted by molar-refractivity contribution is -0.116. The molecule has 2 aromatic rings. The molecule has 0 atom stereocenters. The number of hydrogen-bond acceptors (Lipinski definition) is 2. The molecule has 0 aliphatic heterocycles. The van der Waals surface area contributed by atoms with Crippen LogP contribution >= 0.6 is 0 Å². The second-order valence-electron chi connectivity index (χ2n) is 4.60. The Bertz CT molecular complexity index is 653. The summed E-state index contributed by atoms with van der Waals surface area (Å²) in [6.45, 7) is 0. The van der Waals surface area contributed by atoms with Crippen molar-refractivity contribution in [2.45, 2.75) is 12.8 Å². The number of aromatic carboxylic acids is 1. The fraction of sp³-hybridized carbons (Fsp3) is 0.125. The van der Waals surface area contributed by atoms with Crippen LogP contribution in [0.3, 0.4) is 0 Å². The molecule has 0 radical (unpaired) electrons. The van der Waals surface area contributed by atoms with Gasteiger partial charge in [0.2, 0.25) is 5.91 Å². The molecule has 4 N–H and O–H groups in total. The minimum atomic E-state index is -1.15. The minimum Gasteiger partial charge on any atom is -0.593 e. The third-order valence-electron chi connectivity index (χ3n) is 3.02. The molecule has 21 heavy (non-hydrogen) atoms. The van der Waals surface area contributed by atoms with E-state index in [9.17, 15) is 9.59 Å². The van der Waals surface area contributed by atoms with Crippen LogP contribution in [0.25, 0.3) is 0 Å². The first kappa shape index (κ1) is 14.6. The van der Waals surface area contributed by atoms with Crippen molar-refractivity contribution in [3.8, 4) is 5.75 Å². The fourth-order valence-electron chi connectivity index (χ4n) is 1.93. The van der Waals surface area contributed by atoms with Gasteiger partial charge < -0.3 is 15.5 Å². The highest BCUT2D eigenvalue weighted by molar-refractivity contribution is 5.94. The molecule has 0 saturated heterocycles. The van der Waals surface area contributed by atoms with Crippen LogP contribution in [0.1, 0.15) is 22.3 Å². The lowest BCUT2D eigenvalue weighted by Gasteiger charge is -2.06. The average Bonchev–Trinajstić information content (AvgIpc) is 2.46. The van der Waals surface area contributed by atoms with Crippen LogP contribution in [-0.4, -0.2) is 22.1 Å². The summed E-state index contributed by atoms with van der Waals surface area (Å²) in [5.74, 6) is -1.44. The van der Waals surface area contributed by atoms with E-state index in [2.05, 4.69) is 5.32 Å². The first-order valence-electron chi connectivity index (χ1n) is 6.49. The van der Waals surface area contributed by atoms with Gasteiger partial charge in [0.25, 0.3) is 5.75 Å². The van der Waals surface area contributed by atoms with Crippen molar-refractivity contribution < 1.29 is 19.8 Å². The summed E-state index contributed by atoms with van der Waals surface area (Å²) in [6.07, 6.45) is 0.964. The number of anilines is 1. The summed E-state index contributed by atoms with van der Waals surface area (Å²) >= 11 is 0. The molecule has 108 valence electrons. The molecule has 2 rings (SSSR count). The number of benzene rings is 2. The van der Waals surface area contributed by atoms with Crippen molar-refractivity contribution in [1.29, 1.82) is 0 Å². The summed E-state index contributed by atoms with van der Waals surface area (Å²) in [4.78, 5) is 22.6. The Labute approximate surface area is 121 Å². The van der Waals surface area contributed by atoms with Crippen molar-refractivity contribution in [3.05, 3.63) is 59.7 Å². The lowest BCUT2D eigenvalue weighted by atomic mass is 10.1. The number of nitrogens with one attached hydrogen (secondary N) is 1. The maximum Gasteiger partial charge on any atom is 0.345 e. The van der Waals surface area contributed by atoms with Gasteiger partial charge in [0.05, 0.1) is 6.07 Å². The summed E-state index contributed by atoms with van der Waals surface area (Å²) < 4.78 is 0. The zero-order valence-corrected chi connectivity index (χ0v) is 11.3. The number of carbonyl (C=O) groups excluding carboxylic acids is 1. The van der Waals surface area contributed by atoms with E-state index in [4.69, 9.17) is 10.2 Å². The Kier molecular flexibility index (Phi) is 4.56. The van der Waals surface area contributed by atoms with Crippen molar-refractivity contribution in [2.24, 2.45) is 0 Å². The number of carbonyl (C=O) groups is 2. The Morgan fingerprint density at radius 1 is 1.10 bits per heavy atom. The monoisotopic (exact) mass is 286 g/mol. The van der Waals surface area contributed by atoms with Gasteiger partial charge >= 0.3 is 5.97 Å². The van der Waals surface area contributed by atoms with Crippen LogP contribution in [0.4, 0.5) is 5.69 Å². The van der Waals surface area contributed by atoms with E-state index >= 15 is 0 Å². The molecule has 0 spiro atoms. The molecule has 0 fully saturated rings. The third kappa shape index (κ3) is 4.07. The largest absolute Gasteiger partial charge is 0.593 e. The van der Waals surface area contributed by atoms with Crippen molar-refractivity contribution in [1.82, 2.24) is 0 Å². The molecule has 0 aromatic heterocycles. The molecule has 0 aliphatic rings. The van der Waals surface area contributed by atoms with E-state index in [1.165, 1.54) is 18.2 Å². The summed E-state index contributed by atoms with van der Waals surface area (Å²) in [7, 11) is 0. The smallest absolute Gasteiger partial charge is 0.345 e. The molecule has 0 aliphatic carbocycles. The second-order valence-corrected chi connectivity index (χ2v) is 4.60. The van der Waals surface area contributed by atoms with Crippen molar-refractivity contribution in [2.75, 3.05) is 5.32 Å². The van der Waals surface area contributed by atoms with E-state index < -0.39 is 5.97 Å². The number of carboxylic acids is 1. The number of amides is 1. The molecule has 5 heteroatoms. The highest BCUT2D eigenvalue weighted by atomic mass is 16.4. The fourth-order valence-corrected chi connectivity index (χ4v) is 1.93. The molecule has 0 heterocycles. The van der Waals surface area contributed by atoms with Gasteiger partial charge in [-0.15, -0.1) is 0 Å². The average molecular weight is 286 g/mol. The zero-order chi connectivity index (χ0) is 15.2. The van der Waals surface area contributed by atoms with Crippen LogP contribution in [0, 0.1) is 0 Å². The maximum absolute atomic E-state index is 11.8. The van der Waals surface area contributed by atoms with Crippen molar-refractivity contribution >= 4 is 17.6 Å². The summed E-state index contributed by atoms with van der Waals surface area (Å²) in [6, 6.07) is 13.8. The van der Waals surface area contributed by atoms with Gasteiger partial charge in [0.15, 0.2) is 5.56 Å². The van der Waals surface area contributed by atoms with Gasteiger partial charge in [-0.2, -0.15) is 0 Å². The lowest BCUT2D eigenvalue weighted by Crippen LogP contribution is -2.12. The van der Waals surface area contributed by atoms with Gasteiger partial charge in [-0.3, -0.25) is 4.79 Å².